The van der Waals surface area contributed by atoms with Crippen LogP contribution in [0.3, 0.4) is 0 Å². The Labute approximate surface area is 99.8 Å². The summed E-state index contributed by atoms with van der Waals surface area (Å²) in [6.45, 7) is 2.83. The van der Waals surface area contributed by atoms with Gasteiger partial charge in [-0.1, -0.05) is 13.8 Å². The van der Waals surface area contributed by atoms with Crippen LogP contribution < -0.4 is 0 Å². The van der Waals surface area contributed by atoms with E-state index < -0.39 is 30.2 Å². The Morgan fingerprint density at radius 2 is 1.47 bits per heavy atom. The second kappa shape index (κ2) is 8.58. The first-order valence-corrected chi connectivity index (χ1v) is 5.49. The minimum atomic E-state index is -0.865. The molecule has 6 nitrogen and oxygen atoms in total. The van der Waals surface area contributed by atoms with Gasteiger partial charge in [-0.15, -0.1) is 0 Å². The fraction of sp³-hybridized carbons (Fsp3) is 0.636. The molecule has 0 spiro atoms. The molecular formula is C11H18O6. The van der Waals surface area contributed by atoms with Crippen molar-refractivity contribution in [3.05, 3.63) is 11.7 Å². The quantitative estimate of drug-likeness (QED) is 0.521. The van der Waals surface area contributed by atoms with Gasteiger partial charge in [0.1, 0.15) is 6.61 Å². The zero-order chi connectivity index (χ0) is 13.3. The number of ether oxygens (including phenoxy) is 2. The third kappa shape index (κ3) is 6.57. The standard InChI is InChI=1S/C11H18O6/c1-3-5-9(13)16-8(7-12)11(15)17-10(14)6-4-2/h12,15H,3-7H2,1-2H3/b11-8-. The molecule has 0 heterocycles. The van der Waals surface area contributed by atoms with Crippen LogP contribution >= 0.6 is 0 Å². The SMILES string of the molecule is CCCC(=O)O/C(O)=C(/CO)OC(=O)CCC. The summed E-state index contributed by atoms with van der Waals surface area (Å²) >= 11 is 0. The van der Waals surface area contributed by atoms with E-state index >= 15 is 0 Å². The summed E-state index contributed by atoms with van der Waals surface area (Å²) < 4.78 is 9.13. The Hall–Kier alpha value is -1.56. The second-order valence-corrected chi connectivity index (χ2v) is 3.33. The van der Waals surface area contributed by atoms with E-state index in [9.17, 15) is 14.7 Å². The number of carbonyl (C=O) groups excluding carboxylic acids is 2. The molecule has 0 radical (unpaired) electrons. The molecule has 0 aromatic rings. The van der Waals surface area contributed by atoms with Crippen molar-refractivity contribution in [1.82, 2.24) is 0 Å². The fourth-order valence-corrected chi connectivity index (χ4v) is 0.956. The normalized spacial score (nSPS) is 11.7. The Bertz CT molecular complexity index is 294. The van der Waals surface area contributed by atoms with E-state index in [2.05, 4.69) is 9.47 Å². The third-order valence-corrected chi connectivity index (χ3v) is 1.74. The van der Waals surface area contributed by atoms with Crippen molar-refractivity contribution in [2.75, 3.05) is 6.61 Å². The summed E-state index contributed by atoms with van der Waals surface area (Å²) in [6.07, 6.45) is 1.43. The molecule has 0 aromatic heterocycles. The first-order valence-electron chi connectivity index (χ1n) is 5.49. The zero-order valence-corrected chi connectivity index (χ0v) is 10.1. The van der Waals surface area contributed by atoms with Crippen molar-refractivity contribution in [2.24, 2.45) is 0 Å². The number of aliphatic hydroxyl groups is 2. The van der Waals surface area contributed by atoms with Crippen LogP contribution in [-0.2, 0) is 19.1 Å². The number of esters is 2. The predicted octanol–water partition coefficient (Wildman–Crippen LogP) is 1.39. The van der Waals surface area contributed by atoms with Gasteiger partial charge in [-0.05, 0) is 12.8 Å². The number of carbonyl (C=O) groups is 2. The average Bonchev–Trinajstić information content (AvgIpc) is 2.26. The van der Waals surface area contributed by atoms with Crippen LogP contribution in [0.1, 0.15) is 39.5 Å². The molecule has 0 aliphatic carbocycles. The van der Waals surface area contributed by atoms with Crippen LogP contribution in [0.4, 0.5) is 0 Å². The molecule has 0 aromatic carbocycles. The van der Waals surface area contributed by atoms with Gasteiger partial charge in [0.25, 0.3) is 0 Å². The monoisotopic (exact) mass is 246 g/mol. The molecule has 0 saturated heterocycles. The lowest BCUT2D eigenvalue weighted by Gasteiger charge is -2.08. The summed E-state index contributed by atoms with van der Waals surface area (Å²) in [6, 6.07) is 0. The molecule has 2 N–H and O–H groups in total. The maximum Gasteiger partial charge on any atom is 0.327 e. The Balaban J connectivity index is 4.47. The van der Waals surface area contributed by atoms with Gasteiger partial charge in [-0.2, -0.15) is 0 Å². The lowest BCUT2D eigenvalue weighted by Crippen LogP contribution is -2.12. The van der Waals surface area contributed by atoms with E-state index in [1.807, 2.05) is 0 Å². The Kier molecular flexibility index (Phi) is 7.79. The molecule has 0 amide bonds. The summed E-state index contributed by atoms with van der Waals surface area (Å²) in [4.78, 5) is 22.2. The highest BCUT2D eigenvalue weighted by molar-refractivity contribution is 5.71. The van der Waals surface area contributed by atoms with Crippen molar-refractivity contribution in [2.45, 2.75) is 39.5 Å². The van der Waals surface area contributed by atoms with Gasteiger partial charge in [0, 0.05) is 12.8 Å². The van der Waals surface area contributed by atoms with E-state index in [0.717, 1.165) is 0 Å². The van der Waals surface area contributed by atoms with Gasteiger partial charge in [-0.3, -0.25) is 9.59 Å². The van der Waals surface area contributed by atoms with Crippen LogP contribution in [0, 0.1) is 0 Å². The smallest absolute Gasteiger partial charge is 0.327 e. The minimum absolute atomic E-state index is 0.131. The van der Waals surface area contributed by atoms with E-state index in [0.29, 0.717) is 12.8 Å². The zero-order valence-electron chi connectivity index (χ0n) is 10.1. The van der Waals surface area contributed by atoms with Crippen molar-refractivity contribution < 1.29 is 29.3 Å². The van der Waals surface area contributed by atoms with Gasteiger partial charge in [-0.25, -0.2) is 0 Å². The first kappa shape index (κ1) is 15.4. The molecule has 0 atom stereocenters. The predicted molar refractivity (Wildman–Crippen MR) is 58.7 cm³/mol. The fourth-order valence-electron chi connectivity index (χ4n) is 0.956. The minimum Gasteiger partial charge on any atom is -0.478 e. The summed E-state index contributed by atoms with van der Waals surface area (Å²) in [5.74, 6) is -2.57. The van der Waals surface area contributed by atoms with E-state index in [-0.39, 0.29) is 12.8 Å². The number of aliphatic hydroxyl groups excluding tert-OH is 2. The third-order valence-electron chi connectivity index (χ3n) is 1.74. The molecule has 0 rings (SSSR count). The van der Waals surface area contributed by atoms with Crippen LogP contribution in [-0.4, -0.2) is 28.8 Å². The molecular weight excluding hydrogens is 228 g/mol. The lowest BCUT2D eigenvalue weighted by molar-refractivity contribution is -0.148. The summed E-state index contributed by atoms with van der Waals surface area (Å²) in [5.41, 5.74) is 0. The maximum absolute atomic E-state index is 11.1. The van der Waals surface area contributed by atoms with E-state index in [1.54, 1.807) is 13.8 Å². The number of hydrogen-bond donors (Lipinski definition) is 2. The molecule has 0 saturated carbocycles. The second-order valence-electron chi connectivity index (χ2n) is 3.33. The highest BCUT2D eigenvalue weighted by atomic mass is 16.6. The number of hydrogen-bond acceptors (Lipinski definition) is 6. The molecule has 6 heteroatoms. The molecule has 0 aliphatic heterocycles. The molecule has 0 aliphatic rings. The Morgan fingerprint density at radius 1 is 1.00 bits per heavy atom. The molecule has 17 heavy (non-hydrogen) atoms. The summed E-state index contributed by atoms with van der Waals surface area (Å²) in [7, 11) is 0. The van der Waals surface area contributed by atoms with Gasteiger partial charge in [0.2, 0.25) is 5.76 Å². The van der Waals surface area contributed by atoms with Gasteiger partial charge in [0.15, 0.2) is 0 Å². The van der Waals surface area contributed by atoms with Gasteiger partial charge < -0.3 is 19.7 Å². The van der Waals surface area contributed by atoms with Crippen LogP contribution in [0.25, 0.3) is 0 Å². The topological polar surface area (TPSA) is 93.1 Å². The molecule has 98 valence electrons. The maximum atomic E-state index is 11.1. The van der Waals surface area contributed by atoms with Gasteiger partial charge in [0.05, 0.1) is 0 Å². The molecule has 0 fully saturated rings. The van der Waals surface area contributed by atoms with Crippen LogP contribution in [0.15, 0.2) is 11.7 Å². The lowest BCUT2D eigenvalue weighted by atomic mass is 10.3. The van der Waals surface area contributed by atoms with E-state index in [4.69, 9.17) is 5.11 Å². The van der Waals surface area contributed by atoms with Crippen LogP contribution in [0.5, 0.6) is 0 Å². The Morgan fingerprint density at radius 3 is 1.88 bits per heavy atom. The number of rotatable bonds is 7. The van der Waals surface area contributed by atoms with Crippen LogP contribution in [0.2, 0.25) is 0 Å². The highest BCUT2D eigenvalue weighted by Crippen LogP contribution is 2.08. The molecule has 0 unspecified atom stereocenters. The van der Waals surface area contributed by atoms with Gasteiger partial charge >= 0.3 is 17.9 Å². The summed E-state index contributed by atoms with van der Waals surface area (Å²) in [5, 5.41) is 18.2. The van der Waals surface area contributed by atoms with E-state index in [1.165, 1.54) is 0 Å². The average molecular weight is 246 g/mol. The van der Waals surface area contributed by atoms with Crippen molar-refractivity contribution in [3.8, 4) is 0 Å². The molecule has 0 bridgehead atoms. The first-order chi connectivity index (χ1) is 8.04. The highest BCUT2D eigenvalue weighted by Gasteiger charge is 2.15. The van der Waals surface area contributed by atoms with Crippen molar-refractivity contribution in [1.29, 1.82) is 0 Å². The van der Waals surface area contributed by atoms with Crippen molar-refractivity contribution in [3.63, 3.8) is 0 Å². The van der Waals surface area contributed by atoms with Crippen molar-refractivity contribution >= 4 is 11.9 Å². The largest absolute Gasteiger partial charge is 0.478 e.